The molecule has 94 valence electrons. The molecule has 0 fully saturated rings. The Morgan fingerprint density at radius 3 is 2.39 bits per heavy atom. The summed E-state index contributed by atoms with van der Waals surface area (Å²) in [6, 6.07) is 4.11. The summed E-state index contributed by atoms with van der Waals surface area (Å²) in [7, 11) is 0. The summed E-state index contributed by atoms with van der Waals surface area (Å²) in [6.07, 6.45) is -2.17. The maximum atomic E-state index is 12.3. The van der Waals surface area contributed by atoms with Crippen molar-refractivity contribution in [1.82, 2.24) is 4.98 Å². The van der Waals surface area contributed by atoms with Crippen LogP contribution in [0.2, 0.25) is 0 Å². The number of rotatable bonds is 2. The first-order chi connectivity index (χ1) is 8.47. The van der Waals surface area contributed by atoms with Crippen LogP contribution in [-0.4, -0.2) is 10.9 Å². The molecule has 1 amide bonds. The number of hydrogen-bond donors (Lipinski definition) is 1. The highest BCUT2D eigenvalue weighted by Gasteiger charge is 2.29. The average molecular weight is 256 g/mol. The second-order valence-electron chi connectivity index (χ2n) is 3.40. The number of oxazole rings is 1. The van der Waals surface area contributed by atoms with Gasteiger partial charge in [-0.2, -0.15) is 13.2 Å². The summed E-state index contributed by atoms with van der Waals surface area (Å²) in [6.45, 7) is 0. The lowest BCUT2D eigenvalue weighted by molar-refractivity contribution is -0.137. The zero-order valence-corrected chi connectivity index (χ0v) is 8.86. The monoisotopic (exact) mass is 256 g/mol. The van der Waals surface area contributed by atoms with Crippen LogP contribution in [0.5, 0.6) is 0 Å². The summed E-state index contributed by atoms with van der Waals surface area (Å²) in [5, 5.41) is 2.39. The van der Waals surface area contributed by atoms with Crippen molar-refractivity contribution in [1.29, 1.82) is 0 Å². The van der Waals surface area contributed by atoms with Gasteiger partial charge in [0.25, 0.3) is 5.91 Å². The van der Waals surface area contributed by atoms with E-state index in [0.717, 1.165) is 24.8 Å². The Morgan fingerprint density at radius 1 is 1.22 bits per heavy atom. The fourth-order valence-electron chi connectivity index (χ4n) is 1.26. The molecule has 1 heterocycles. The molecule has 0 radical (unpaired) electrons. The van der Waals surface area contributed by atoms with Gasteiger partial charge in [-0.05, 0) is 24.3 Å². The highest BCUT2D eigenvalue weighted by molar-refractivity contribution is 6.02. The van der Waals surface area contributed by atoms with Crippen molar-refractivity contribution in [3.63, 3.8) is 0 Å². The van der Waals surface area contributed by atoms with Gasteiger partial charge in [0.2, 0.25) is 0 Å². The van der Waals surface area contributed by atoms with Crippen LogP contribution in [0.15, 0.2) is 41.3 Å². The summed E-state index contributed by atoms with van der Waals surface area (Å²) in [5.74, 6) is -0.552. The topological polar surface area (TPSA) is 55.1 Å². The van der Waals surface area contributed by atoms with Crippen LogP contribution in [0.4, 0.5) is 18.9 Å². The number of hydrogen-bond acceptors (Lipinski definition) is 3. The maximum absolute atomic E-state index is 12.3. The molecule has 0 spiro atoms. The standard InChI is InChI=1S/C11H7F3N2O2/c12-11(13,14)7-1-3-8(4-2-7)16-10(17)9-5-18-6-15-9/h1-6H,(H,16,17). The van der Waals surface area contributed by atoms with Crippen LogP contribution in [0.1, 0.15) is 16.1 Å². The molecule has 1 aromatic heterocycles. The predicted octanol–water partition coefficient (Wildman–Crippen LogP) is 2.95. The molecule has 0 bridgehead atoms. The molecule has 2 rings (SSSR count). The van der Waals surface area contributed by atoms with E-state index >= 15 is 0 Å². The van der Waals surface area contributed by atoms with Gasteiger partial charge >= 0.3 is 6.18 Å². The van der Waals surface area contributed by atoms with Crippen molar-refractivity contribution >= 4 is 11.6 Å². The highest BCUT2D eigenvalue weighted by Crippen LogP contribution is 2.29. The SMILES string of the molecule is O=C(Nc1ccc(C(F)(F)F)cc1)c1cocn1. The molecule has 0 saturated heterocycles. The van der Waals surface area contributed by atoms with Gasteiger partial charge < -0.3 is 9.73 Å². The third-order valence-electron chi connectivity index (χ3n) is 2.14. The smallest absolute Gasteiger partial charge is 0.416 e. The third kappa shape index (κ3) is 2.68. The Morgan fingerprint density at radius 2 is 1.89 bits per heavy atom. The van der Waals surface area contributed by atoms with Gasteiger partial charge in [0, 0.05) is 5.69 Å². The highest BCUT2D eigenvalue weighted by atomic mass is 19.4. The minimum atomic E-state index is -4.39. The lowest BCUT2D eigenvalue weighted by atomic mass is 10.2. The molecule has 0 unspecified atom stereocenters. The van der Waals surface area contributed by atoms with Crippen molar-refractivity contribution < 1.29 is 22.4 Å². The predicted molar refractivity (Wildman–Crippen MR) is 55.9 cm³/mol. The van der Waals surface area contributed by atoms with Gasteiger partial charge in [-0.15, -0.1) is 0 Å². The summed E-state index contributed by atoms with van der Waals surface area (Å²) >= 11 is 0. The molecular formula is C11H7F3N2O2. The van der Waals surface area contributed by atoms with Gasteiger partial charge in [-0.3, -0.25) is 4.79 Å². The molecule has 4 nitrogen and oxygen atoms in total. The average Bonchev–Trinajstić information content (AvgIpc) is 2.82. The van der Waals surface area contributed by atoms with E-state index in [1.165, 1.54) is 12.1 Å². The van der Waals surface area contributed by atoms with Gasteiger partial charge in [0.15, 0.2) is 12.1 Å². The fraction of sp³-hybridized carbons (Fsp3) is 0.0909. The second-order valence-corrected chi connectivity index (χ2v) is 3.40. The summed E-state index contributed by atoms with van der Waals surface area (Å²) < 4.78 is 41.5. The molecule has 0 atom stereocenters. The number of aromatic nitrogens is 1. The number of carbonyl (C=O) groups excluding carboxylic acids is 1. The van der Waals surface area contributed by atoms with Crippen LogP contribution < -0.4 is 5.32 Å². The Labute approximate surface area is 99.4 Å². The number of nitrogens with one attached hydrogen (secondary N) is 1. The third-order valence-corrected chi connectivity index (χ3v) is 2.14. The van der Waals surface area contributed by atoms with E-state index in [4.69, 9.17) is 0 Å². The summed E-state index contributed by atoms with van der Waals surface area (Å²) in [4.78, 5) is 15.1. The minimum Gasteiger partial charge on any atom is -0.451 e. The van der Waals surface area contributed by atoms with E-state index in [0.29, 0.717) is 0 Å². The van der Waals surface area contributed by atoms with Crippen LogP contribution in [0.3, 0.4) is 0 Å². The maximum Gasteiger partial charge on any atom is 0.416 e. The van der Waals surface area contributed by atoms with Gasteiger partial charge in [-0.25, -0.2) is 4.98 Å². The number of nitrogens with zero attached hydrogens (tertiary/aromatic N) is 1. The quantitative estimate of drug-likeness (QED) is 0.898. The van der Waals surface area contributed by atoms with Crippen molar-refractivity contribution in [2.24, 2.45) is 0 Å². The van der Waals surface area contributed by atoms with E-state index in [1.807, 2.05) is 0 Å². The van der Waals surface area contributed by atoms with Gasteiger partial charge in [0.05, 0.1) is 5.56 Å². The van der Waals surface area contributed by atoms with Crippen LogP contribution in [0.25, 0.3) is 0 Å². The largest absolute Gasteiger partial charge is 0.451 e. The first-order valence-electron chi connectivity index (χ1n) is 4.83. The van der Waals surface area contributed by atoms with E-state index in [-0.39, 0.29) is 11.4 Å². The number of halogens is 3. The van der Waals surface area contributed by atoms with Crippen molar-refractivity contribution in [2.75, 3.05) is 5.32 Å². The minimum absolute atomic E-state index is 0.0508. The van der Waals surface area contributed by atoms with Crippen molar-refractivity contribution in [2.45, 2.75) is 6.18 Å². The Hall–Kier alpha value is -2.31. The zero-order valence-electron chi connectivity index (χ0n) is 8.86. The molecule has 18 heavy (non-hydrogen) atoms. The Kier molecular flexibility index (Phi) is 3.05. The first-order valence-corrected chi connectivity index (χ1v) is 4.83. The Balaban J connectivity index is 2.09. The molecule has 0 aliphatic rings. The first kappa shape index (κ1) is 12.2. The number of alkyl halides is 3. The normalized spacial score (nSPS) is 11.3. The summed E-state index contributed by atoms with van der Waals surface area (Å²) in [5.41, 5.74) is -0.479. The van der Waals surface area contributed by atoms with E-state index in [9.17, 15) is 18.0 Å². The number of amides is 1. The number of benzene rings is 1. The zero-order chi connectivity index (χ0) is 13.2. The molecule has 1 aromatic carbocycles. The molecular weight excluding hydrogens is 249 g/mol. The molecule has 2 aromatic rings. The Bertz CT molecular complexity index is 532. The van der Waals surface area contributed by atoms with Crippen LogP contribution in [-0.2, 0) is 6.18 Å². The second kappa shape index (κ2) is 4.52. The van der Waals surface area contributed by atoms with E-state index < -0.39 is 17.6 Å². The van der Waals surface area contributed by atoms with Crippen molar-refractivity contribution in [3.05, 3.63) is 48.2 Å². The van der Waals surface area contributed by atoms with E-state index in [2.05, 4.69) is 14.7 Å². The number of anilines is 1. The molecule has 0 aliphatic heterocycles. The molecule has 7 heteroatoms. The van der Waals surface area contributed by atoms with E-state index in [1.54, 1.807) is 0 Å². The molecule has 0 aliphatic carbocycles. The number of carbonyl (C=O) groups is 1. The fourth-order valence-corrected chi connectivity index (χ4v) is 1.26. The van der Waals surface area contributed by atoms with Crippen molar-refractivity contribution in [3.8, 4) is 0 Å². The lowest BCUT2D eigenvalue weighted by Gasteiger charge is -2.07. The van der Waals surface area contributed by atoms with Crippen LogP contribution >= 0.6 is 0 Å². The van der Waals surface area contributed by atoms with Gasteiger partial charge in [0.1, 0.15) is 6.26 Å². The molecule has 0 saturated carbocycles. The van der Waals surface area contributed by atoms with Crippen LogP contribution in [0, 0.1) is 0 Å². The lowest BCUT2D eigenvalue weighted by Crippen LogP contribution is -2.12. The molecule has 1 N–H and O–H groups in total. The van der Waals surface area contributed by atoms with Gasteiger partial charge in [-0.1, -0.05) is 0 Å².